The average Bonchev–Trinajstić information content (AvgIpc) is 3.09. The number of hydrogen-bond donors (Lipinski definition) is 0. The van der Waals surface area contributed by atoms with E-state index in [-0.39, 0.29) is 11.9 Å². The van der Waals surface area contributed by atoms with Crippen molar-refractivity contribution in [2.45, 2.75) is 20.3 Å². The van der Waals surface area contributed by atoms with Crippen LogP contribution in [-0.2, 0) is 11.2 Å². The zero-order chi connectivity index (χ0) is 19.1. The number of rotatable bonds is 2. The van der Waals surface area contributed by atoms with E-state index in [9.17, 15) is 9.59 Å². The standard InChI is InChI=1S/C22H20N2O3/c1-13-4-6-19-17(10-13)18(11-14(2)23-19)21(25)24-9-8-15-12-16(22(26)27-3)5-7-20(15)24/h4-7,10-12H,8-9H2,1-3H3. The van der Waals surface area contributed by atoms with Crippen LogP contribution in [0.15, 0.2) is 42.5 Å². The molecule has 1 aliphatic rings. The zero-order valence-corrected chi connectivity index (χ0v) is 15.6. The fourth-order valence-corrected chi connectivity index (χ4v) is 3.65. The van der Waals surface area contributed by atoms with Crippen molar-refractivity contribution in [3.05, 3.63) is 70.4 Å². The monoisotopic (exact) mass is 360 g/mol. The number of pyridine rings is 1. The molecule has 0 spiro atoms. The molecule has 2 aromatic carbocycles. The van der Waals surface area contributed by atoms with Crippen LogP contribution in [0.5, 0.6) is 0 Å². The molecule has 1 aromatic heterocycles. The second kappa shape index (κ2) is 6.50. The van der Waals surface area contributed by atoms with E-state index in [1.807, 2.05) is 50.2 Å². The second-order valence-electron chi connectivity index (χ2n) is 6.87. The number of esters is 1. The van der Waals surface area contributed by atoms with E-state index in [1.165, 1.54) is 7.11 Å². The summed E-state index contributed by atoms with van der Waals surface area (Å²) in [4.78, 5) is 31.5. The van der Waals surface area contributed by atoms with E-state index >= 15 is 0 Å². The van der Waals surface area contributed by atoms with Crippen LogP contribution in [0.1, 0.15) is 37.5 Å². The molecule has 1 amide bonds. The van der Waals surface area contributed by atoms with Crippen molar-refractivity contribution in [3.8, 4) is 0 Å². The predicted octanol–water partition coefficient (Wildman–Crippen LogP) is 3.84. The third kappa shape index (κ3) is 2.95. The highest BCUT2D eigenvalue weighted by Crippen LogP contribution is 2.32. The summed E-state index contributed by atoms with van der Waals surface area (Å²) in [6.07, 6.45) is 0.715. The largest absolute Gasteiger partial charge is 0.465 e. The molecule has 1 aliphatic heterocycles. The van der Waals surface area contributed by atoms with Crippen molar-refractivity contribution < 1.29 is 14.3 Å². The minimum absolute atomic E-state index is 0.0410. The van der Waals surface area contributed by atoms with Gasteiger partial charge in [-0.15, -0.1) is 0 Å². The third-order valence-corrected chi connectivity index (χ3v) is 4.96. The van der Waals surface area contributed by atoms with Crippen LogP contribution in [0.3, 0.4) is 0 Å². The van der Waals surface area contributed by atoms with Gasteiger partial charge in [0.05, 0.1) is 23.8 Å². The highest BCUT2D eigenvalue weighted by Gasteiger charge is 2.28. The summed E-state index contributed by atoms with van der Waals surface area (Å²) < 4.78 is 4.79. The normalized spacial score (nSPS) is 12.9. The van der Waals surface area contributed by atoms with Crippen molar-refractivity contribution in [1.82, 2.24) is 4.98 Å². The van der Waals surface area contributed by atoms with E-state index in [0.717, 1.165) is 33.4 Å². The first-order chi connectivity index (χ1) is 13.0. The van der Waals surface area contributed by atoms with Gasteiger partial charge in [-0.05, 0) is 62.2 Å². The Balaban J connectivity index is 1.77. The van der Waals surface area contributed by atoms with Gasteiger partial charge in [-0.1, -0.05) is 11.6 Å². The molecule has 3 aromatic rings. The van der Waals surface area contributed by atoms with E-state index in [4.69, 9.17) is 4.74 Å². The summed E-state index contributed by atoms with van der Waals surface area (Å²) in [7, 11) is 1.37. The SMILES string of the molecule is COC(=O)c1ccc2c(c1)CCN2C(=O)c1cc(C)nc2ccc(C)cc12. The lowest BCUT2D eigenvalue weighted by atomic mass is 10.0. The Hall–Kier alpha value is -3.21. The molecular weight excluding hydrogens is 340 g/mol. The minimum atomic E-state index is -0.367. The summed E-state index contributed by atoms with van der Waals surface area (Å²) in [6, 6.07) is 13.2. The Kier molecular flexibility index (Phi) is 4.15. The first-order valence-electron chi connectivity index (χ1n) is 8.89. The summed E-state index contributed by atoms with van der Waals surface area (Å²) in [5.41, 5.74) is 5.73. The number of aryl methyl sites for hydroxylation is 2. The van der Waals surface area contributed by atoms with Crippen molar-refractivity contribution in [1.29, 1.82) is 0 Å². The summed E-state index contributed by atoms with van der Waals surface area (Å²) in [5, 5.41) is 0.866. The van der Waals surface area contributed by atoms with Crippen molar-refractivity contribution >= 4 is 28.5 Å². The van der Waals surface area contributed by atoms with Gasteiger partial charge in [-0.25, -0.2) is 4.79 Å². The van der Waals surface area contributed by atoms with E-state index < -0.39 is 0 Å². The Bertz CT molecular complexity index is 1090. The molecule has 0 bridgehead atoms. The minimum Gasteiger partial charge on any atom is -0.465 e. The van der Waals surface area contributed by atoms with Gasteiger partial charge < -0.3 is 9.64 Å². The molecule has 5 nitrogen and oxygen atoms in total. The summed E-state index contributed by atoms with van der Waals surface area (Å²) >= 11 is 0. The van der Waals surface area contributed by atoms with E-state index in [0.29, 0.717) is 24.1 Å². The number of fused-ring (bicyclic) bond motifs is 2. The molecule has 0 saturated heterocycles. The van der Waals surface area contributed by atoms with Crippen molar-refractivity contribution in [3.63, 3.8) is 0 Å². The van der Waals surface area contributed by atoms with Crippen molar-refractivity contribution in [2.75, 3.05) is 18.6 Å². The molecule has 0 saturated carbocycles. The lowest BCUT2D eigenvalue weighted by Crippen LogP contribution is -2.29. The quantitative estimate of drug-likeness (QED) is 0.652. The van der Waals surface area contributed by atoms with E-state index in [2.05, 4.69) is 4.98 Å². The smallest absolute Gasteiger partial charge is 0.337 e. The van der Waals surface area contributed by atoms with Crippen LogP contribution >= 0.6 is 0 Å². The van der Waals surface area contributed by atoms with Crippen LogP contribution in [0.2, 0.25) is 0 Å². The fourth-order valence-electron chi connectivity index (χ4n) is 3.65. The van der Waals surface area contributed by atoms with Gasteiger partial charge in [-0.3, -0.25) is 9.78 Å². The van der Waals surface area contributed by atoms with Crippen LogP contribution in [-0.4, -0.2) is 30.5 Å². The van der Waals surface area contributed by atoms with Crippen LogP contribution in [0.25, 0.3) is 10.9 Å². The van der Waals surface area contributed by atoms with Crippen LogP contribution in [0.4, 0.5) is 5.69 Å². The predicted molar refractivity (Wildman–Crippen MR) is 104 cm³/mol. The molecule has 2 heterocycles. The molecule has 27 heavy (non-hydrogen) atoms. The molecule has 0 atom stereocenters. The fraction of sp³-hybridized carbons (Fsp3) is 0.227. The Labute approximate surface area is 157 Å². The van der Waals surface area contributed by atoms with Crippen LogP contribution < -0.4 is 4.90 Å². The summed E-state index contributed by atoms with van der Waals surface area (Å²) in [6.45, 7) is 4.50. The molecule has 0 fully saturated rings. The third-order valence-electron chi connectivity index (χ3n) is 4.96. The number of benzene rings is 2. The van der Waals surface area contributed by atoms with Crippen molar-refractivity contribution in [2.24, 2.45) is 0 Å². The van der Waals surface area contributed by atoms with Gasteiger partial charge >= 0.3 is 5.97 Å². The van der Waals surface area contributed by atoms with Gasteiger partial charge in [-0.2, -0.15) is 0 Å². The topological polar surface area (TPSA) is 59.5 Å². The molecule has 5 heteroatoms. The first-order valence-corrected chi connectivity index (χ1v) is 8.89. The first kappa shape index (κ1) is 17.2. The number of aromatic nitrogens is 1. The maximum absolute atomic E-state index is 13.4. The van der Waals surface area contributed by atoms with Gasteiger partial charge in [0.15, 0.2) is 0 Å². The number of nitrogens with zero attached hydrogens (tertiary/aromatic N) is 2. The molecule has 4 rings (SSSR count). The highest BCUT2D eigenvalue weighted by atomic mass is 16.5. The molecular formula is C22H20N2O3. The number of ether oxygens (including phenoxy) is 1. The van der Waals surface area contributed by atoms with Gasteiger partial charge in [0, 0.05) is 23.3 Å². The lowest BCUT2D eigenvalue weighted by molar-refractivity contribution is 0.0600. The lowest BCUT2D eigenvalue weighted by Gasteiger charge is -2.19. The Morgan fingerprint density at radius 1 is 1.07 bits per heavy atom. The number of carbonyl (C=O) groups excluding carboxylic acids is 2. The Morgan fingerprint density at radius 2 is 1.89 bits per heavy atom. The Morgan fingerprint density at radius 3 is 2.67 bits per heavy atom. The number of methoxy groups -OCH3 is 1. The average molecular weight is 360 g/mol. The molecule has 0 unspecified atom stereocenters. The molecule has 136 valence electrons. The molecule has 0 radical (unpaired) electrons. The number of hydrogen-bond acceptors (Lipinski definition) is 4. The van der Waals surface area contributed by atoms with E-state index in [1.54, 1.807) is 11.0 Å². The molecule has 0 N–H and O–H groups in total. The molecule has 0 aliphatic carbocycles. The summed E-state index contributed by atoms with van der Waals surface area (Å²) in [5.74, 6) is -0.408. The highest BCUT2D eigenvalue weighted by molar-refractivity contribution is 6.14. The van der Waals surface area contributed by atoms with Gasteiger partial charge in [0.2, 0.25) is 0 Å². The number of amides is 1. The maximum Gasteiger partial charge on any atom is 0.337 e. The zero-order valence-electron chi connectivity index (χ0n) is 15.6. The van der Waals surface area contributed by atoms with Crippen LogP contribution in [0, 0.1) is 13.8 Å². The maximum atomic E-state index is 13.4. The second-order valence-corrected chi connectivity index (χ2v) is 6.87. The van der Waals surface area contributed by atoms with Gasteiger partial charge in [0.25, 0.3) is 5.91 Å². The van der Waals surface area contributed by atoms with Gasteiger partial charge in [0.1, 0.15) is 0 Å². The number of carbonyl (C=O) groups is 2. The number of anilines is 1.